The summed E-state index contributed by atoms with van der Waals surface area (Å²) in [6.45, 7) is 8.87. The highest BCUT2D eigenvalue weighted by Crippen LogP contribution is 2.26. The molecule has 1 heterocycles. The monoisotopic (exact) mass is 330 g/mol. The molecule has 124 valence electrons. The van der Waals surface area contributed by atoms with Gasteiger partial charge in [0.1, 0.15) is 0 Å². The summed E-state index contributed by atoms with van der Waals surface area (Å²) in [5.74, 6) is 1.06. The summed E-state index contributed by atoms with van der Waals surface area (Å²) >= 11 is 1.61. The Labute approximate surface area is 143 Å². The van der Waals surface area contributed by atoms with Crippen LogP contribution in [0.3, 0.4) is 0 Å². The average molecular weight is 330 g/mol. The molecule has 3 nitrogen and oxygen atoms in total. The first-order chi connectivity index (χ1) is 11.0. The summed E-state index contributed by atoms with van der Waals surface area (Å²) in [5.41, 5.74) is 1.83. The highest BCUT2D eigenvalue weighted by atomic mass is 32.1. The number of anilines is 2. The van der Waals surface area contributed by atoms with Crippen LogP contribution in [0.4, 0.5) is 11.4 Å². The largest absolute Gasteiger partial charge is 0.380 e. The molecule has 0 aliphatic heterocycles. The van der Waals surface area contributed by atoms with Gasteiger partial charge in [0.15, 0.2) is 0 Å². The minimum atomic E-state index is 0.0207. The van der Waals surface area contributed by atoms with E-state index < -0.39 is 0 Å². The number of benzene rings is 1. The number of amides is 1. The predicted molar refractivity (Wildman–Crippen MR) is 100 cm³/mol. The zero-order chi connectivity index (χ0) is 16.8. The maximum atomic E-state index is 12.3. The van der Waals surface area contributed by atoms with E-state index in [-0.39, 0.29) is 5.91 Å². The van der Waals surface area contributed by atoms with Crippen LogP contribution < -0.4 is 10.6 Å². The van der Waals surface area contributed by atoms with Gasteiger partial charge in [0, 0.05) is 10.9 Å². The average Bonchev–Trinajstić information content (AvgIpc) is 2.98. The Morgan fingerprint density at radius 3 is 2.22 bits per heavy atom. The second-order valence-electron chi connectivity index (χ2n) is 6.51. The van der Waals surface area contributed by atoms with Crippen LogP contribution in [0.5, 0.6) is 0 Å². The van der Waals surface area contributed by atoms with Gasteiger partial charge in [0.25, 0.3) is 0 Å². The summed E-state index contributed by atoms with van der Waals surface area (Å²) < 4.78 is 0. The molecular formula is C19H26N2OS. The molecule has 0 saturated carbocycles. The highest BCUT2D eigenvalue weighted by molar-refractivity contribution is 7.10. The normalized spacial score (nSPS) is 11.3. The van der Waals surface area contributed by atoms with E-state index in [1.54, 1.807) is 11.3 Å². The maximum Gasteiger partial charge on any atom is 0.229 e. The summed E-state index contributed by atoms with van der Waals surface area (Å²) in [6.07, 6.45) is 0.420. The topological polar surface area (TPSA) is 41.1 Å². The molecule has 1 aromatic carbocycles. The Kier molecular flexibility index (Phi) is 6.22. The number of nitrogens with one attached hydrogen (secondary N) is 2. The molecular weight excluding hydrogens is 304 g/mol. The minimum absolute atomic E-state index is 0.0207. The molecule has 0 fully saturated rings. The first kappa shape index (κ1) is 17.5. The summed E-state index contributed by atoms with van der Waals surface area (Å²) in [6, 6.07) is 12.2. The Balaban J connectivity index is 2.09. The third-order valence-electron chi connectivity index (χ3n) is 3.87. The Hall–Kier alpha value is -1.81. The van der Waals surface area contributed by atoms with E-state index in [2.05, 4.69) is 38.3 Å². The fourth-order valence-electron chi connectivity index (χ4n) is 2.77. The second-order valence-corrected chi connectivity index (χ2v) is 7.54. The van der Waals surface area contributed by atoms with Crippen molar-refractivity contribution in [3.05, 3.63) is 46.7 Å². The highest BCUT2D eigenvalue weighted by Gasteiger charge is 2.18. The van der Waals surface area contributed by atoms with E-state index in [1.807, 2.05) is 41.8 Å². The minimum Gasteiger partial charge on any atom is -0.380 e. The van der Waals surface area contributed by atoms with Gasteiger partial charge in [0.2, 0.25) is 5.91 Å². The van der Waals surface area contributed by atoms with E-state index in [4.69, 9.17) is 0 Å². The number of thiophene rings is 1. The van der Waals surface area contributed by atoms with Crippen molar-refractivity contribution in [2.24, 2.45) is 11.8 Å². The van der Waals surface area contributed by atoms with Crippen molar-refractivity contribution in [1.29, 1.82) is 0 Å². The van der Waals surface area contributed by atoms with E-state index in [0.29, 0.717) is 24.3 Å². The van der Waals surface area contributed by atoms with Gasteiger partial charge in [-0.2, -0.15) is 0 Å². The molecule has 0 radical (unpaired) electrons. The number of hydrogen-bond donors (Lipinski definition) is 2. The number of carbonyl (C=O) groups excluding carboxylic acids is 1. The van der Waals surface area contributed by atoms with Gasteiger partial charge in [-0.05, 0) is 35.4 Å². The van der Waals surface area contributed by atoms with Crippen LogP contribution >= 0.6 is 11.3 Å². The van der Waals surface area contributed by atoms with Crippen molar-refractivity contribution in [2.45, 2.75) is 40.2 Å². The van der Waals surface area contributed by atoms with Crippen LogP contribution in [0.15, 0.2) is 41.8 Å². The van der Waals surface area contributed by atoms with Crippen LogP contribution in [0.2, 0.25) is 0 Å². The van der Waals surface area contributed by atoms with Crippen molar-refractivity contribution in [3.63, 3.8) is 0 Å². The lowest BCUT2D eigenvalue weighted by Gasteiger charge is -2.28. The lowest BCUT2D eigenvalue weighted by molar-refractivity contribution is -0.115. The van der Waals surface area contributed by atoms with Gasteiger partial charge in [-0.1, -0.05) is 45.9 Å². The van der Waals surface area contributed by atoms with Gasteiger partial charge in [0.05, 0.1) is 17.8 Å². The Bertz CT molecular complexity index is 612. The van der Waals surface area contributed by atoms with Crippen LogP contribution in [-0.2, 0) is 11.2 Å². The summed E-state index contributed by atoms with van der Waals surface area (Å²) in [5, 5.41) is 8.63. The van der Waals surface area contributed by atoms with Crippen molar-refractivity contribution in [2.75, 3.05) is 10.6 Å². The van der Waals surface area contributed by atoms with Crippen molar-refractivity contribution in [1.82, 2.24) is 0 Å². The molecule has 1 aromatic heterocycles. The molecule has 2 aromatic rings. The lowest BCUT2D eigenvalue weighted by atomic mass is 9.93. The molecule has 2 rings (SSSR count). The van der Waals surface area contributed by atoms with E-state index in [1.165, 1.54) is 0 Å². The van der Waals surface area contributed by atoms with Crippen molar-refractivity contribution in [3.8, 4) is 0 Å². The van der Waals surface area contributed by atoms with Crippen molar-refractivity contribution >= 4 is 28.6 Å². The first-order valence-electron chi connectivity index (χ1n) is 8.15. The van der Waals surface area contributed by atoms with Crippen molar-refractivity contribution < 1.29 is 4.79 Å². The van der Waals surface area contributed by atoms with E-state index >= 15 is 0 Å². The molecule has 0 atom stereocenters. The number of hydrogen-bond acceptors (Lipinski definition) is 3. The molecule has 0 saturated heterocycles. The third kappa shape index (κ3) is 5.10. The number of carbonyl (C=O) groups is 1. The van der Waals surface area contributed by atoms with Gasteiger partial charge in [-0.25, -0.2) is 0 Å². The molecule has 0 spiro atoms. The summed E-state index contributed by atoms with van der Waals surface area (Å²) in [7, 11) is 0. The zero-order valence-corrected chi connectivity index (χ0v) is 15.1. The quantitative estimate of drug-likeness (QED) is 0.748. The van der Waals surface area contributed by atoms with Crippen LogP contribution in [0.1, 0.15) is 32.6 Å². The molecule has 0 unspecified atom stereocenters. The second kappa shape index (κ2) is 8.16. The zero-order valence-electron chi connectivity index (χ0n) is 14.3. The fourth-order valence-corrected chi connectivity index (χ4v) is 3.47. The van der Waals surface area contributed by atoms with Crippen LogP contribution in [0.25, 0.3) is 0 Å². The van der Waals surface area contributed by atoms with Crippen LogP contribution in [0, 0.1) is 11.8 Å². The van der Waals surface area contributed by atoms with Gasteiger partial charge < -0.3 is 10.6 Å². The Morgan fingerprint density at radius 1 is 1.00 bits per heavy atom. The predicted octanol–water partition coefficient (Wildman–Crippen LogP) is 5.02. The SMILES string of the molecule is CC(C)C(Nc1ccccc1NC(=O)Cc1cccs1)C(C)C. The van der Waals surface area contributed by atoms with Crippen LogP contribution in [-0.4, -0.2) is 11.9 Å². The molecule has 1 amide bonds. The molecule has 0 aliphatic carbocycles. The van der Waals surface area contributed by atoms with E-state index in [9.17, 15) is 4.79 Å². The van der Waals surface area contributed by atoms with E-state index in [0.717, 1.165) is 16.3 Å². The standard InChI is InChI=1S/C19H26N2OS/c1-13(2)19(14(3)4)21-17-10-6-5-9-16(17)20-18(22)12-15-8-7-11-23-15/h5-11,13-14,19,21H,12H2,1-4H3,(H,20,22). The summed E-state index contributed by atoms with van der Waals surface area (Å²) in [4.78, 5) is 13.3. The third-order valence-corrected chi connectivity index (χ3v) is 4.75. The fraction of sp³-hybridized carbons (Fsp3) is 0.421. The Morgan fingerprint density at radius 2 is 1.65 bits per heavy atom. The van der Waals surface area contributed by atoms with Gasteiger partial charge >= 0.3 is 0 Å². The smallest absolute Gasteiger partial charge is 0.229 e. The molecule has 4 heteroatoms. The van der Waals surface area contributed by atoms with Gasteiger partial charge in [-0.15, -0.1) is 11.3 Å². The molecule has 23 heavy (non-hydrogen) atoms. The number of rotatable bonds is 7. The first-order valence-corrected chi connectivity index (χ1v) is 9.03. The molecule has 0 bridgehead atoms. The number of para-hydroxylation sites is 2. The van der Waals surface area contributed by atoms with Gasteiger partial charge in [-0.3, -0.25) is 4.79 Å². The molecule has 0 aliphatic rings. The maximum absolute atomic E-state index is 12.3. The molecule has 2 N–H and O–H groups in total. The lowest BCUT2D eigenvalue weighted by Crippen LogP contribution is -2.31.